The molecule has 0 aliphatic carbocycles. The standard InChI is InChI=1S/C15H15ClN2O4/c1-9-7-13(18-22-9)17-15(20)10(2)21-14(19)8-11-3-5-12(16)6-4-11/h3-7,10H,8H2,1-2H3,(H,17,18,20)/t10-/m0/s1. The highest BCUT2D eigenvalue weighted by Gasteiger charge is 2.19. The Balaban J connectivity index is 1.85. The molecule has 6 nitrogen and oxygen atoms in total. The van der Waals surface area contributed by atoms with Gasteiger partial charge in [-0.25, -0.2) is 0 Å². The maximum atomic E-state index is 11.9. The van der Waals surface area contributed by atoms with Gasteiger partial charge in [-0.2, -0.15) is 0 Å². The van der Waals surface area contributed by atoms with Gasteiger partial charge in [-0.15, -0.1) is 0 Å². The van der Waals surface area contributed by atoms with Gasteiger partial charge >= 0.3 is 5.97 Å². The van der Waals surface area contributed by atoms with Crippen LogP contribution in [-0.4, -0.2) is 23.1 Å². The van der Waals surface area contributed by atoms with Crippen molar-refractivity contribution >= 4 is 29.3 Å². The summed E-state index contributed by atoms with van der Waals surface area (Å²) in [5, 5.41) is 6.72. The number of nitrogens with zero attached hydrogens (tertiary/aromatic N) is 1. The number of carbonyl (C=O) groups excluding carboxylic acids is 2. The first kappa shape index (κ1) is 16.0. The summed E-state index contributed by atoms with van der Waals surface area (Å²) in [5.74, 6) is -0.121. The normalized spacial score (nSPS) is 11.8. The lowest BCUT2D eigenvalue weighted by molar-refractivity contribution is -0.152. The fourth-order valence-corrected chi connectivity index (χ4v) is 1.84. The van der Waals surface area contributed by atoms with E-state index in [9.17, 15) is 9.59 Å². The molecule has 1 aromatic heterocycles. The van der Waals surface area contributed by atoms with Crippen LogP contribution >= 0.6 is 11.6 Å². The Morgan fingerprint density at radius 3 is 2.64 bits per heavy atom. The van der Waals surface area contributed by atoms with Crippen LogP contribution in [0.4, 0.5) is 5.82 Å². The van der Waals surface area contributed by atoms with Gasteiger partial charge in [-0.3, -0.25) is 9.59 Å². The van der Waals surface area contributed by atoms with E-state index in [0.717, 1.165) is 5.56 Å². The van der Waals surface area contributed by atoms with Gasteiger partial charge in [0.05, 0.1) is 6.42 Å². The summed E-state index contributed by atoms with van der Waals surface area (Å²) in [6, 6.07) is 8.40. The number of esters is 1. The number of rotatable bonds is 5. The molecule has 1 aromatic carbocycles. The van der Waals surface area contributed by atoms with Gasteiger partial charge < -0.3 is 14.6 Å². The Morgan fingerprint density at radius 2 is 2.05 bits per heavy atom. The van der Waals surface area contributed by atoms with E-state index in [1.807, 2.05) is 0 Å². The Morgan fingerprint density at radius 1 is 1.36 bits per heavy atom. The average Bonchev–Trinajstić information content (AvgIpc) is 2.86. The van der Waals surface area contributed by atoms with Crippen molar-refractivity contribution in [1.82, 2.24) is 5.16 Å². The Kier molecular flexibility index (Phi) is 5.16. The molecule has 1 amide bonds. The minimum atomic E-state index is -0.934. The predicted molar refractivity (Wildman–Crippen MR) is 80.6 cm³/mol. The van der Waals surface area contributed by atoms with Crippen LogP contribution in [0.15, 0.2) is 34.9 Å². The van der Waals surface area contributed by atoms with Crippen LogP contribution < -0.4 is 5.32 Å². The first-order valence-electron chi connectivity index (χ1n) is 6.62. The van der Waals surface area contributed by atoms with E-state index in [-0.39, 0.29) is 12.2 Å². The highest BCUT2D eigenvalue weighted by molar-refractivity contribution is 6.30. The van der Waals surface area contributed by atoms with Crippen molar-refractivity contribution in [2.75, 3.05) is 5.32 Å². The lowest BCUT2D eigenvalue weighted by Crippen LogP contribution is -2.30. The number of ether oxygens (including phenoxy) is 1. The zero-order valence-electron chi connectivity index (χ0n) is 12.1. The van der Waals surface area contributed by atoms with Gasteiger partial charge in [-0.05, 0) is 31.5 Å². The van der Waals surface area contributed by atoms with E-state index in [2.05, 4.69) is 10.5 Å². The van der Waals surface area contributed by atoms with Crippen molar-refractivity contribution in [3.8, 4) is 0 Å². The van der Waals surface area contributed by atoms with Crippen LogP contribution in [0.5, 0.6) is 0 Å². The molecule has 0 saturated heterocycles. The van der Waals surface area contributed by atoms with Crippen LogP contribution in [0, 0.1) is 6.92 Å². The van der Waals surface area contributed by atoms with Crippen LogP contribution in [0.2, 0.25) is 5.02 Å². The molecule has 0 radical (unpaired) electrons. The third-order valence-corrected chi connectivity index (χ3v) is 3.07. The van der Waals surface area contributed by atoms with Crippen molar-refractivity contribution in [3.05, 3.63) is 46.7 Å². The topological polar surface area (TPSA) is 81.4 Å². The maximum absolute atomic E-state index is 11.9. The molecule has 0 aliphatic heterocycles. The smallest absolute Gasteiger partial charge is 0.311 e. The molecule has 116 valence electrons. The third-order valence-electron chi connectivity index (χ3n) is 2.82. The molecule has 1 atom stereocenters. The number of amides is 1. The molecule has 2 aromatic rings. The van der Waals surface area contributed by atoms with Gasteiger partial charge in [0.1, 0.15) is 5.76 Å². The lowest BCUT2D eigenvalue weighted by atomic mass is 10.1. The molecule has 0 bridgehead atoms. The Bertz CT molecular complexity index is 666. The van der Waals surface area contributed by atoms with E-state index in [0.29, 0.717) is 10.8 Å². The molecule has 0 spiro atoms. The second kappa shape index (κ2) is 7.09. The van der Waals surface area contributed by atoms with Crippen molar-refractivity contribution in [2.45, 2.75) is 26.4 Å². The first-order valence-corrected chi connectivity index (χ1v) is 7.00. The summed E-state index contributed by atoms with van der Waals surface area (Å²) < 4.78 is 9.91. The third kappa shape index (κ3) is 4.60. The molecule has 0 saturated carbocycles. The van der Waals surface area contributed by atoms with E-state index in [1.54, 1.807) is 37.3 Å². The Hall–Kier alpha value is -2.34. The van der Waals surface area contributed by atoms with Gasteiger partial charge in [0.2, 0.25) is 0 Å². The number of aromatic nitrogens is 1. The van der Waals surface area contributed by atoms with Crippen LogP contribution in [0.1, 0.15) is 18.2 Å². The first-order chi connectivity index (χ1) is 10.4. The van der Waals surface area contributed by atoms with Crippen molar-refractivity contribution in [2.24, 2.45) is 0 Å². The maximum Gasteiger partial charge on any atom is 0.311 e. The fraction of sp³-hybridized carbons (Fsp3) is 0.267. The van der Waals surface area contributed by atoms with Gasteiger partial charge in [-0.1, -0.05) is 28.9 Å². The van der Waals surface area contributed by atoms with Crippen LogP contribution in [-0.2, 0) is 20.7 Å². The molecule has 7 heteroatoms. The van der Waals surface area contributed by atoms with E-state index in [4.69, 9.17) is 20.9 Å². The van der Waals surface area contributed by atoms with E-state index < -0.39 is 18.0 Å². The highest BCUT2D eigenvalue weighted by atomic mass is 35.5. The molecule has 22 heavy (non-hydrogen) atoms. The SMILES string of the molecule is Cc1cc(NC(=O)[C@H](C)OC(=O)Cc2ccc(Cl)cc2)no1. The number of benzene rings is 1. The summed E-state index contributed by atoms with van der Waals surface area (Å²) in [5.41, 5.74) is 0.758. The summed E-state index contributed by atoms with van der Waals surface area (Å²) in [7, 11) is 0. The lowest BCUT2D eigenvalue weighted by Gasteiger charge is -2.12. The number of carbonyl (C=O) groups is 2. The highest BCUT2D eigenvalue weighted by Crippen LogP contribution is 2.11. The molecule has 0 unspecified atom stereocenters. The van der Waals surface area contributed by atoms with Crippen molar-refractivity contribution < 1.29 is 18.8 Å². The van der Waals surface area contributed by atoms with Crippen molar-refractivity contribution in [1.29, 1.82) is 0 Å². The zero-order valence-corrected chi connectivity index (χ0v) is 12.9. The molecule has 1 N–H and O–H groups in total. The van der Waals surface area contributed by atoms with Crippen LogP contribution in [0.3, 0.4) is 0 Å². The molecular formula is C15H15ClN2O4. The zero-order chi connectivity index (χ0) is 16.1. The summed E-state index contributed by atoms with van der Waals surface area (Å²) in [6.45, 7) is 3.19. The van der Waals surface area contributed by atoms with E-state index in [1.165, 1.54) is 6.92 Å². The number of anilines is 1. The minimum absolute atomic E-state index is 0.0673. The molecule has 1 heterocycles. The summed E-state index contributed by atoms with van der Waals surface area (Å²) >= 11 is 5.77. The molecule has 0 fully saturated rings. The number of aryl methyl sites for hydroxylation is 1. The Labute approximate surface area is 132 Å². The predicted octanol–water partition coefficient (Wildman–Crippen LogP) is 2.75. The molecular weight excluding hydrogens is 308 g/mol. The van der Waals surface area contributed by atoms with E-state index >= 15 is 0 Å². The van der Waals surface area contributed by atoms with Crippen molar-refractivity contribution in [3.63, 3.8) is 0 Å². The van der Waals surface area contributed by atoms with Gasteiger partial charge in [0.15, 0.2) is 11.9 Å². The largest absolute Gasteiger partial charge is 0.452 e. The second-order valence-electron chi connectivity index (χ2n) is 4.75. The monoisotopic (exact) mass is 322 g/mol. The molecule has 0 aliphatic rings. The van der Waals surface area contributed by atoms with Crippen LogP contribution in [0.25, 0.3) is 0 Å². The summed E-state index contributed by atoms with van der Waals surface area (Å²) in [6.07, 6.45) is -0.866. The number of halogens is 1. The average molecular weight is 323 g/mol. The summed E-state index contributed by atoms with van der Waals surface area (Å²) in [4.78, 5) is 23.7. The number of nitrogens with one attached hydrogen (secondary N) is 1. The fourth-order valence-electron chi connectivity index (χ4n) is 1.71. The molecule has 2 rings (SSSR count). The van der Waals surface area contributed by atoms with Gasteiger partial charge in [0.25, 0.3) is 5.91 Å². The minimum Gasteiger partial charge on any atom is -0.452 e. The number of hydrogen-bond donors (Lipinski definition) is 1. The second-order valence-corrected chi connectivity index (χ2v) is 5.18. The quantitative estimate of drug-likeness (QED) is 0.856. The number of hydrogen-bond acceptors (Lipinski definition) is 5. The van der Waals surface area contributed by atoms with Gasteiger partial charge in [0, 0.05) is 11.1 Å².